The Morgan fingerprint density at radius 3 is 2.20 bits per heavy atom. The summed E-state index contributed by atoms with van der Waals surface area (Å²) >= 11 is 0. The molecule has 2 amide bonds. The SMILES string of the molecule is CN(C)C1CCN(c2ccc(NC(=O)c3ccc(NC(=O)C4CC4c4ccccc4)cc3)cc2)C1.[HH].[HH]. The summed E-state index contributed by atoms with van der Waals surface area (Å²) < 4.78 is 0. The van der Waals surface area contributed by atoms with Gasteiger partial charge in [0.15, 0.2) is 0 Å². The number of benzene rings is 3. The van der Waals surface area contributed by atoms with E-state index in [0.29, 0.717) is 23.2 Å². The van der Waals surface area contributed by atoms with Crippen LogP contribution in [0.3, 0.4) is 0 Å². The van der Waals surface area contributed by atoms with E-state index in [4.69, 9.17) is 0 Å². The van der Waals surface area contributed by atoms with Crippen LogP contribution in [0.1, 0.15) is 37.5 Å². The minimum absolute atomic E-state index is 0. The molecule has 1 aliphatic heterocycles. The Balaban J connectivity index is 0.00000190. The van der Waals surface area contributed by atoms with E-state index in [-0.39, 0.29) is 20.6 Å². The van der Waals surface area contributed by atoms with Crippen LogP contribution in [-0.2, 0) is 4.79 Å². The molecule has 2 N–H and O–H groups in total. The molecule has 5 rings (SSSR count). The third-order valence-corrected chi connectivity index (χ3v) is 7.15. The van der Waals surface area contributed by atoms with E-state index in [0.717, 1.165) is 31.6 Å². The lowest BCUT2D eigenvalue weighted by Gasteiger charge is -2.22. The molecule has 0 bridgehead atoms. The molecule has 3 aromatic rings. The summed E-state index contributed by atoms with van der Waals surface area (Å²) in [7, 11) is 4.25. The van der Waals surface area contributed by atoms with Crippen molar-refractivity contribution < 1.29 is 12.4 Å². The number of nitrogens with one attached hydrogen (secondary N) is 2. The second kappa shape index (κ2) is 9.92. The summed E-state index contributed by atoms with van der Waals surface area (Å²) in [6, 6.07) is 25.8. The normalized spacial score (nSPS) is 21.1. The largest absolute Gasteiger partial charge is 0.370 e. The molecule has 3 aromatic carbocycles. The molecule has 2 fully saturated rings. The number of rotatable bonds is 7. The van der Waals surface area contributed by atoms with E-state index in [9.17, 15) is 9.59 Å². The molecule has 1 saturated carbocycles. The molecular formula is C29H36N4O2. The molecule has 3 atom stereocenters. The van der Waals surface area contributed by atoms with Crippen molar-refractivity contribution in [2.75, 3.05) is 42.7 Å². The van der Waals surface area contributed by atoms with Crippen LogP contribution in [0.2, 0.25) is 0 Å². The van der Waals surface area contributed by atoms with Crippen molar-refractivity contribution in [1.82, 2.24) is 4.90 Å². The average Bonchev–Trinajstić information content (AvgIpc) is 3.53. The van der Waals surface area contributed by atoms with Crippen molar-refractivity contribution in [1.29, 1.82) is 0 Å². The number of amides is 2. The lowest BCUT2D eigenvalue weighted by molar-refractivity contribution is -0.117. The standard InChI is InChI=1S/C29H32N4O2.2H2/c1-32(2)25-16-17-33(19-25)24-14-12-23(13-15-24)30-28(34)21-8-10-22(11-9-21)31-29(35)27-18-26(27)20-6-4-3-5-7-20;;/h3-15,25-27H,16-19H2,1-2H3,(H,30,34)(H,31,35);2*1H. The van der Waals surface area contributed by atoms with Gasteiger partial charge < -0.3 is 20.4 Å². The van der Waals surface area contributed by atoms with Crippen LogP contribution in [0, 0.1) is 5.92 Å². The van der Waals surface area contributed by atoms with E-state index in [1.807, 2.05) is 30.3 Å². The van der Waals surface area contributed by atoms with Crippen LogP contribution in [0.15, 0.2) is 78.9 Å². The summed E-state index contributed by atoms with van der Waals surface area (Å²) in [4.78, 5) is 30.0. The molecule has 1 aliphatic carbocycles. The van der Waals surface area contributed by atoms with Crippen molar-refractivity contribution >= 4 is 28.9 Å². The van der Waals surface area contributed by atoms with E-state index in [1.165, 1.54) is 11.3 Å². The van der Waals surface area contributed by atoms with Crippen LogP contribution in [0.25, 0.3) is 0 Å². The van der Waals surface area contributed by atoms with Crippen LogP contribution in [-0.4, -0.2) is 49.9 Å². The van der Waals surface area contributed by atoms with Gasteiger partial charge in [0.05, 0.1) is 0 Å². The highest BCUT2D eigenvalue weighted by molar-refractivity contribution is 6.04. The van der Waals surface area contributed by atoms with Crippen molar-refractivity contribution in [3.05, 3.63) is 90.0 Å². The van der Waals surface area contributed by atoms with E-state index in [1.54, 1.807) is 24.3 Å². The molecule has 1 saturated heterocycles. The minimum atomic E-state index is -0.171. The topological polar surface area (TPSA) is 64.7 Å². The lowest BCUT2D eigenvalue weighted by Crippen LogP contribution is -2.31. The highest BCUT2D eigenvalue weighted by atomic mass is 16.2. The number of likely N-dealkylation sites (N-methyl/N-ethyl adjacent to an activating group) is 1. The summed E-state index contributed by atoms with van der Waals surface area (Å²) in [6.07, 6.45) is 2.04. The maximum absolute atomic E-state index is 12.7. The number of carbonyl (C=O) groups excluding carboxylic acids is 2. The average molecular weight is 473 g/mol. The first kappa shape index (κ1) is 23.1. The van der Waals surface area contributed by atoms with Gasteiger partial charge in [0, 0.05) is 50.5 Å². The fraction of sp³-hybridized carbons (Fsp3) is 0.310. The molecule has 0 radical (unpaired) electrons. The smallest absolute Gasteiger partial charge is 0.255 e. The predicted molar refractivity (Wildman–Crippen MR) is 145 cm³/mol. The highest BCUT2D eigenvalue weighted by Gasteiger charge is 2.43. The number of hydrogen-bond donors (Lipinski definition) is 2. The van der Waals surface area contributed by atoms with E-state index < -0.39 is 0 Å². The number of carbonyl (C=O) groups is 2. The molecular weight excluding hydrogens is 436 g/mol. The van der Waals surface area contributed by atoms with Crippen molar-refractivity contribution in [2.24, 2.45) is 5.92 Å². The van der Waals surface area contributed by atoms with Crippen molar-refractivity contribution in [3.63, 3.8) is 0 Å². The van der Waals surface area contributed by atoms with Crippen LogP contribution in [0.5, 0.6) is 0 Å². The highest BCUT2D eigenvalue weighted by Crippen LogP contribution is 2.47. The molecule has 1 heterocycles. The van der Waals surface area contributed by atoms with Crippen molar-refractivity contribution in [2.45, 2.75) is 24.8 Å². The van der Waals surface area contributed by atoms with Gasteiger partial charge in [-0.25, -0.2) is 0 Å². The zero-order valence-corrected chi connectivity index (χ0v) is 20.3. The lowest BCUT2D eigenvalue weighted by atomic mass is 10.1. The molecule has 3 unspecified atom stereocenters. The van der Waals surface area contributed by atoms with Gasteiger partial charge in [0.1, 0.15) is 0 Å². The second-order valence-corrected chi connectivity index (χ2v) is 9.78. The Morgan fingerprint density at radius 1 is 0.886 bits per heavy atom. The fourth-order valence-corrected chi connectivity index (χ4v) is 4.85. The van der Waals surface area contributed by atoms with E-state index in [2.05, 4.69) is 58.8 Å². The summed E-state index contributed by atoms with van der Waals surface area (Å²) in [5.74, 6) is 0.173. The zero-order valence-electron chi connectivity index (χ0n) is 20.3. The first-order valence-corrected chi connectivity index (χ1v) is 12.3. The molecule has 2 aliphatic rings. The first-order chi connectivity index (χ1) is 17.0. The summed E-state index contributed by atoms with van der Waals surface area (Å²) in [5.41, 5.74) is 4.41. The second-order valence-electron chi connectivity index (χ2n) is 9.78. The van der Waals surface area contributed by atoms with Gasteiger partial charge in [-0.15, -0.1) is 0 Å². The van der Waals surface area contributed by atoms with Gasteiger partial charge in [-0.1, -0.05) is 30.3 Å². The van der Waals surface area contributed by atoms with Crippen LogP contribution < -0.4 is 15.5 Å². The molecule has 184 valence electrons. The van der Waals surface area contributed by atoms with Gasteiger partial charge in [0.2, 0.25) is 5.91 Å². The van der Waals surface area contributed by atoms with Gasteiger partial charge in [-0.05, 0) is 86.9 Å². The minimum Gasteiger partial charge on any atom is -0.370 e. The quantitative estimate of drug-likeness (QED) is 0.489. The molecule has 6 nitrogen and oxygen atoms in total. The van der Waals surface area contributed by atoms with Crippen LogP contribution in [0.4, 0.5) is 17.1 Å². The van der Waals surface area contributed by atoms with Gasteiger partial charge in [-0.2, -0.15) is 0 Å². The Hall–Kier alpha value is -3.64. The fourth-order valence-electron chi connectivity index (χ4n) is 4.85. The molecule has 0 spiro atoms. The summed E-state index contributed by atoms with van der Waals surface area (Å²) in [6.45, 7) is 2.07. The Labute approximate surface area is 209 Å². The Bertz CT molecular complexity index is 1190. The monoisotopic (exact) mass is 472 g/mol. The predicted octanol–water partition coefficient (Wildman–Crippen LogP) is 5.31. The van der Waals surface area contributed by atoms with Crippen LogP contribution >= 0.6 is 0 Å². The number of anilines is 3. The van der Waals surface area contributed by atoms with Gasteiger partial charge in [-0.3, -0.25) is 9.59 Å². The summed E-state index contributed by atoms with van der Waals surface area (Å²) in [5, 5.41) is 5.95. The van der Waals surface area contributed by atoms with Crippen molar-refractivity contribution in [3.8, 4) is 0 Å². The van der Waals surface area contributed by atoms with Gasteiger partial charge in [0.25, 0.3) is 5.91 Å². The zero-order chi connectivity index (χ0) is 24.4. The third-order valence-electron chi connectivity index (χ3n) is 7.15. The first-order valence-electron chi connectivity index (χ1n) is 12.3. The molecule has 0 aromatic heterocycles. The number of hydrogen-bond acceptors (Lipinski definition) is 4. The maximum Gasteiger partial charge on any atom is 0.255 e. The van der Waals surface area contributed by atoms with E-state index >= 15 is 0 Å². The van der Waals surface area contributed by atoms with Gasteiger partial charge >= 0.3 is 0 Å². The number of nitrogens with zero attached hydrogens (tertiary/aromatic N) is 2. The molecule has 35 heavy (non-hydrogen) atoms. The third kappa shape index (κ3) is 5.38. The Kier molecular flexibility index (Phi) is 6.55. The molecule has 6 heteroatoms. The maximum atomic E-state index is 12.7. The Morgan fingerprint density at radius 2 is 1.54 bits per heavy atom.